The van der Waals surface area contributed by atoms with Crippen molar-refractivity contribution in [2.24, 2.45) is 0 Å². The fourth-order valence-electron chi connectivity index (χ4n) is 8.76. The van der Waals surface area contributed by atoms with E-state index in [9.17, 15) is 19.2 Å². The third-order valence-corrected chi connectivity index (χ3v) is 10.4. The maximum Gasteiger partial charge on any atom is 0.346 e. The Morgan fingerprint density at radius 3 is 1.71 bits per heavy atom. The highest BCUT2D eigenvalue weighted by Gasteiger charge is 2.62. The van der Waals surface area contributed by atoms with E-state index in [4.69, 9.17) is 9.47 Å². The van der Waals surface area contributed by atoms with Gasteiger partial charge in [0.25, 0.3) is 0 Å². The molecule has 1 saturated heterocycles. The molecule has 2 heterocycles. The van der Waals surface area contributed by atoms with Crippen LogP contribution in [-0.2, 0) is 35.3 Å². The van der Waals surface area contributed by atoms with Crippen LogP contribution >= 0.6 is 0 Å². The lowest BCUT2D eigenvalue weighted by molar-refractivity contribution is -0.153. The highest BCUT2D eigenvalue weighted by molar-refractivity contribution is 6.23. The molecule has 3 aliphatic carbocycles. The summed E-state index contributed by atoms with van der Waals surface area (Å²) in [5.74, 6) is -2.85. The quantitative estimate of drug-likeness (QED) is 0.248. The third-order valence-electron chi connectivity index (χ3n) is 10.4. The van der Waals surface area contributed by atoms with Crippen molar-refractivity contribution in [3.8, 4) is 0 Å². The zero-order valence-electron chi connectivity index (χ0n) is 20.9. The first-order valence-corrected chi connectivity index (χ1v) is 12.8. The molecule has 0 radical (unpaired) electrons. The molecule has 4 atom stereocenters. The molecular weight excluding hydrogens is 480 g/mol. The summed E-state index contributed by atoms with van der Waals surface area (Å²) in [6, 6.07) is 15.8. The van der Waals surface area contributed by atoms with Crippen molar-refractivity contribution in [2.45, 2.75) is 49.4 Å². The molecule has 38 heavy (non-hydrogen) atoms. The molecule has 0 spiro atoms. The Labute approximate surface area is 216 Å². The molecule has 6 heteroatoms. The molecule has 0 N–H and O–H groups in total. The normalized spacial score (nSPS) is 31.1. The minimum absolute atomic E-state index is 0.416. The van der Waals surface area contributed by atoms with Gasteiger partial charge in [-0.2, -0.15) is 0 Å². The Morgan fingerprint density at radius 2 is 1.11 bits per heavy atom. The molecule has 5 aliphatic rings. The second kappa shape index (κ2) is 5.73. The number of benzene rings is 4. The van der Waals surface area contributed by atoms with Crippen molar-refractivity contribution in [3.63, 3.8) is 0 Å². The number of carbonyl (C=O) groups is 4. The van der Waals surface area contributed by atoms with Crippen LogP contribution in [-0.4, -0.2) is 23.9 Å². The molecule has 4 aromatic rings. The number of hydrogen-bond acceptors (Lipinski definition) is 6. The van der Waals surface area contributed by atoms with Gasteiger partial charge >= 0.3 is 23.9 Å². The Hall–Kier alpha value is -4.32. The second-order valence-electron chi connectivity index (χ2n) is 12.0. The molecular formula is C32H20O6. The summed E-state index contributed by atoms with van der Waals surface area (Å²) in [7, 11) is 0. The van der Waals surface area contributed by atoms with Crippen molar-refractivity contribution in [1.82, 2.24) is 0 Å². The smallest absolute Gasteiger partial charge is 0.346 e. The van der Waals surface area contributed by atoms with Crippen LogP contribution in [0, 0.1) is 0 Å². The lowest BCUT2D eigenvalue weighted by atomic mass is 9.51. The summed E-state index contributed by atoms with van der Waals surface area (Å²) >= 11 is 0. The van der Waals surface area contributed by atoms with Crippen LogP contribution in [0.15, 0.2) is 48.5 Å². The van der Waals surface area contributed by atoms with Gasteiger partial charge in [-0.05, 0) is 75.0 Å². The average Bonchev–Trinajstić information content (AvgIpc) is 3.29. The first-order chi connectivity index (χ1) is 18.1. The largest absolute Gasteiger partial charge is 0.392 e. The van der Waals surface area contributed by atoms with Gasteiger partial charge in [-0.15, -0.1) is 0 Å². The zero-order valence-corrected chi connectivity index (χ0v) is 20.9. The van der Waals surface area contributed by atoms with E-state index in [0.717, 1.165) is 56.0 Å². The van der Waals surface area contributed by atoms with Gasteiger partial charge in [0.2, 0.25) is 0 Å². The first kappa shape index (κ1) is 20.7. The monoisotopic (exact) mass is 500 g/mol. The van der Waals surface area contributed by atoms with Gasteiger partial charge in [0.05, 0.1) is 11.1 Å². The minimum atomic E-state index is -1.04. The average molecular weight is 501 g/mol. The van der Waals surface area contributed by atoms with Crippen molar-refractivity contribution in [3.05, 3.63) is 93.0 Å². The molecule has 1 fully saturated rings. The van der Waals surface area contributed by atoms with Gasteiger partial charge in [-0.3, -0.25) is 9.59 Å². The number of fused-ring (bicyclic) bond motifs is 9. The topological polar surface area (TPSA) is 86.7 Å². The summed E-state index contributed by atoms with van der Waals surface area (Å²) < 4.78 is 10.2. The fourth-order valence-corrected chi connectivity index (χ4v) is 8.76. The molecule has 0 amide bonds. The lowest BCUT2D eigenvalue weighted by Gasteiger charge is -2.51. The maximum absolute atomic E-state index is 13.0. The summed E-state index contributed by atoms with van der Waals surface area (Å²) in [6.45, 7) is 6.28. The molecule has 2 bridgehead atoms. The summed E-state index contributed by atoms with van der Waals surface area (Å²) in [5, 5.41) is 3.71. The number of rotatable bonds is 0. The van der Waals surface area contributed by atoms with Crippen LogP contribution in [0.3, 0.4) is 0 Å². The summed E-state index contributed by atoms with van der Waals surface area (Å²) in [6.07, 6.45) is 0.807. The number of hydrogen-bond donors (Lipinski definition) is 0. The molecule has 9 rings (SSSR count). The predicted molar refractivity (Wildman–Crippen MR) is 136 cm³/mol. The van der Waals surface area contributed by atoms with Crippen molar-refractivity contribution in [2.75, 3.05) is 0 Å². The Morgan fingerprint density at radius 1 is 0.605 bits per heavy atom. The van der Waals surface area contributed by atoms with Crippen LogP contribution in [0.5, 0.6) is 0 Å². The highest BCUT2D eigenvalue weighted by atomic mass is 16.6. The minimum Gasteiger partial charge on any atom is -0.392 e. The van der Waals surface area contributed by atoms with E-state index in [0.29, 0.717) is 16.5 Å². The predicted octanol–water partition coefficient (Wildman–Crippen LogP) is 5.07. The number of carbonyl (C=O) groups excluding carboxylic acids is 4. The molecule has 6 nitrogen and oxygen atoms in total. The molecule has 0 aromatic heterocycles. The Balaban J connectivity index is 1.46. The van der Waals surface area contributed by atoms with Gasteiger partial charge in [0, 0.05) is 16.2 Å². The second-order valence-corrected chi connectivity index (χ2v) is 12.0. The van der Waals surface area contributed by atoms with E-state index in [1.54, 1.807) is 12.1 Å². The van der Waals surface area contributed by atoms with E-state index >= 15 is 0 Å². The zero-order chi connectivity index (χ0) is 26.1. The van der Waals surface area contributed by atoms with E-state index in [1.165, 1.54) is 0 Å². The van der Waals surface area contributed by atoms with Crippen LogP contribution < -0.4 is 0 Å². The van der Waals surface area contributed by atoms with Gasteiger partial charge in [0.1, 0.15) is 11.3 Å². The van der Waals surface area contributed by atoms with Gasteiger partial charge < -0.3 is 9.47 Å². The number of cyclic esters (lactones) is 4. The van der Waals surface area contributed by atoms with Crippen LogP contribution in [0.25, 0.3) is 21.5 Å². The van der Waals surface area contributed by atoms with Crippen LogP contribution in [0.4, 0.5) is 0 Å². The fraction of sp³-hybridized carbons (Fsp3) is 0.250. The standard InChI is InChI=1S/C32H20O6/c1-30-12-31(2,17-9-6-15-21-14(26(33)37-27(15)34)5-8-16(30)23(17)21)19-10-11-20-22-13(4-7-18(30)24(19)22)25-28(35)38-29(36)32(20,25)3/h4-11,25H,12H2,1-3H3. The van der Waals surface area contributed by atoms with Crippen LogP contribution in [0.1, 0.15) is 87.2 Å². The van der Waals surface area contributed by atoms with Crippen molar-refractivity contribution < 1.29 is 28.7 Å². The molecule has 4 unspecified atom stereocenters. The molecule has 0 saturated carbocycles. The number of esters is 4. The van der Waals surface area contributed by atoms with E-state index in [-0.39, 0.29) is 0 Å². The Bertz CT molecular complexity index is 1910. The van der Waals surface area contributed by atoms with Crippen molar-refractivity contribution >= 4 is 45.4 Å². The Kier molecular flexibility index (Phi) is 3.12. The first-order valence-electron chi connectivity index (χ1n) is 12.8. The number of ether oxygens (including phenoxy) is 2. The maximum atomic E-state index is 13.0. The van der Waals surface area contributed by atoms with Gasteiger partial charge in [-0.1, -0.05) is 50.2 Å². The summed E-state index contributed by atoms with van der Waals surface area (Å²) in [4.78, 5) is 51.3. The van der Waals surface area contributed by atoms with Crippen molar-refractivity contribution in [1.29, 1.82) is 0 Å². The lowest BCUT2D eigenvalue weighted by Crippen LogP contribution is -2.44. The molecule has 4 aromatic carbocycles. The van der Waals surface area contributed by atoms with E-state index in [1.807, 2.05) is 31.2 Å². The van der Waals surface area contributed by atoms with Gasteiger partial charge in [0.15, 0.2) is 0 Å². The molecule has 2 aliphatic heterocycles. The summed E-state index contributed by atoms with van der Waals surface area (Å²) in [5.41, 5.74) is 5.02. The SMILES string of the molecule is CC12CC(C)(c3ccc4c5c(ccc1c35)C(=O)OC4=O)c1ccc3c4c(ccc2c14)C1C(=O)OC(=O)C31C. The third kappa shape index (κ3) is 1.83. The molecule has 184 valence electrons. The van der Waals surface area contributed by atoms with Gasteiger partial charge in [-0.25, -0.2) is 9.59 Å². The van der Waals surface area contributed by atoms with Crippen LogP contribution in [0.2, 0.25) is 0 Å². The van der Waals surface area contributed by atoms with E-state index in [2.05, 4.69) is 26.0 Å². The highest BCUT2D eigenvalue weighted by Crippen LogP contribution is 2.64. The van der Waals surface area contributed by atoms with E-state index < -0.39 is 46.0 Å².